The van der Waals surface area contributed by atoms with Gasteiger partial charge in [-0.15, -0.1) is 0 Å². The number of rotatable bonds is 6. The molecule has 1 N–H and O–H groups in total. The van der Waals surface area contributed by atoms with Crippen molar-refractivity contribution in [2.75, 3.05) is 13.2 Å². The lowest BCUT2D eigenvalue weighted by Gasteiger charge is -2.20. The molecule has 0 aliphatic heterocycles. The van der Waals surface area contributed by atoms with Crippen LogP contribution in [0.2, 0.25) is 0 Å². The summed E-state index contributed by atoms with van der Waals surface area (Å²) >= 11 is 0. The third-order valence-corrected chi connectivity index (χ3v) is 3.10. The molecule has 2 heteroatoms. The highest BCUT2D eigenvalue weighted by molar-refractivity contribution is 4.69. The molecule has 0 saturated heterocycles. The van der Waals surface area contributed by atoms with Crippen molar-refractivity contribution in [2.45, 2.75) is 57.4 Å². The molecule has 1 aliphatic carbocycles. The first kappa shape index (κ1) is 12.6. The zero-order valence-corrected chi connectivity index (χ0v) is 9.84. The number of nitrogens with one attached hydrogen (secondary N) is 1. The summed E-state index contributed by atoms with van der Waals surface area (Å²) in [6.07, 6.45) is 12.4. The summed E-state index contributed by atoms with van der Waals surface area (Å²) in [5, 5.41) is 3.63. The summed E-state index contributed by atoms with van der Waals surface area (Å²) in [7, 11) is 0. The van der Waals surface area contributed by atoms with Gasteiger partial charge in [0.1, 0.15) is 0 Å². The summed E-state index contributed by atoms with van der Waals surface area (Å²) in [5.74, 6) is 0. The van der Waals surface area contributed by atoms with Crippen LogP contribution >= 0.6 is 0 Å². The Hall–Kier alpha value is -0.500. The van der Waals surface area contributed by atoms with Crippen LogP contribution in [0.15, 0.2) is 12.8 Å². The fourth-order valence-corrected chi connectivity index (χ4v) is 2.21. The molecule has 0 amide bonds. The minimum absolute atomic E-state index is 0.758. The van der Waals surface area contributed by atoms with Gasteiger partial charge in [-0.3, -0.25) is 0 Å². The Morgan fingerprint density at radius 2 is 1.80 bits per heavy atom. The average Bonchev–Trinajstić information content (AvgIpc) is 2.20. The molecule has 0 aromatic carbocycles. The maximum absolute atomic E-state index is 5.09. The molecule has 1 aliphatic rings. The highest BCUT2D eigenvalue weighted by Gasteiger charge is 2.09. The number of hydrogen-bond donors (Lipinski definition) is 1. The summed E-state index contributed by atoms with van der Waals surface area (Å²) in [6.45, 7) is 5.41. The van der Waals surface area contributed by atoms with E-state index in [1.54, 1.807) is 0 Å². The van der Waals surface area contributed by atoms with E-state index in [-0.39, 0.29) is 0 Å². The van der Waals surface area contributed by atoms with Crippen molar-refractivity contribution in [1.29, 1.82) is 0 Å². The van der Waals surface area contributed by atoms with E-state index in [0.29, 0.717) is 0 Å². The Labute approximate surface area is 94.1 Å². The predicted molar refractivity (Wildman–Crippen MR) is 64.9 cm³/mol. The summed E-state index contributed by atoms with van der Waals surface area (Å²) in [4.78, 5) is 0. The second kappa shape index (κ2) is 8.78. The van der Waals surface area contributed by atoms with Crippen LogP contribution in [0.1, 0.15) is 51.4 Å². The van der Waals surface area contributed by atoms with E-state index < -0.39 is 0 Å². The second-order valence-electron chi connectivity index (χ2n) is 4.39. The Kier molecular flexibility index (Phi) is 7.36. The normalized spacial score (nSPS) is 19.2. The Morgan fingerprint density at radius 3 is 2.47 bits per heavy atom. The predicted octanol–water partition coefficient (Wildman–Crippen LogP) is 3.24. The van der Waals surface area contributed by atoms with Gasteiger partial charge in [0.2, 0.25) is 0 Å². The smallest absolute Gasteiger partial charge is 0.0885 e. The summed E-state index contributed by atoms with van der Waals surface area (Å²) in [5.41, 5.74) is 0. The standard InChI is InChI=1S/C13H25NO/c1-2-15-12-8-11-14-13-9-6-4-3-5-7-10-13/h2,13-14H,1,3-12H2. The minimum Gasteiger partial charge on any atom is -0.502 e. The minimum atomic E-state index is 0.758. The molecular formula is C13H25NO. The molecule has 2 nitrogen and oxygen atoms in total. The third-order valence-electron chi connectivity index (χ3n) is 3.10. The molecular weight excluding hydrogens is 186 g/mol. The second-order valence-corrected chi connectivity index (χ2v) is 4.39. The van der Waals surface area contributed by atoms with Crippen LogP contribution in [-0.2, 0) is 4.74 Å². The molecule has 0 aromatic heterocycles. The van der Waals surface area contributed by atoms with Crippen LogP contribution in [0.25, 0.3) is 0 Å². The molecule has 0 aromatic rings. The molecule has 1 fully saturated rings. The zero-order chi connectivity index (χ0) is 10.8. The summed E-state index contributed by atoms with van der Waals surface area (Å²) in [6, 6.07) is 0.758. The number of hydrogen-bond acceptors (Lipinski definition) is 2. The molecule has 0 heterocycles. The van der Waals surface area contributed by atoms with E-state index in [2.05, 4.69) is 11.9 Å². The van der Waals surface area contributed by atoms with E-state index in [0.717, 1.165) is 25.6 Å². The zero-order valence-electron chi connectivity index (χ0n) is 9.84. The Balaban J connectivity index is 1.99. The van der Waals surface area contributed by atoms with Gasteiger partial charge in [0.25, 0.3) is 0 Å². The molecule has 0 spiro atoms. The van der Waals surface area contributed by atoms with Gasteiger partial charge in [0, 0.05) is 6.04 Å². The van der Waals surface area contributed by atoms with E-state index in [4.69, 9.17) is 4.74 Å². The van der Waals surface area contributed by atoms with Crippen molar-refractivity contribution < 1.29 is 4.74 Å². The van der Waals surface area contributed by atoms with Crippen LogP contribution in [0.3, 0.4) is 0 Å². The number of ether oxygens (including phenoxy) is 1. The quantitative estimate of drug-likeness (QED) is 0.538. The molecule has 0 bridgehead atoms. The monoisotopic (exact) mass is 211 g/mol. The molecule has 88 valence electrons. The van der Waals surface area contributed by atoms with Crippen molar-refractivity contribution in [2.24, 2.45) is 0 Å². The molecule has 1 rings (SSSR count). The van der Waals surface area contributed by atoms with Gasteiger partial charge in [0.05, 0.1) is 12.9 Å². The lowest BCUT2D eigenvalue weighted by Crippen LogP contribution is -2.31. The first-order valence-corrected chi connectivity index (χ1v) is 6.39. The van der Waals surface area contributed by atoms with Gasteiger partial charge in [-0.25, -0.2) is 0 Å². The fraction of sp³-hybridized carbons (Fsp3) is 0.846. The van der Waals surface area contributed by atoms with Crippen molar-refractivity contribution in [3.05, 3.63) is 12.8 Å². The van der Waals surface area contributed by atoms with Gasteiger partial charge >= 0.3 is 0 Å². The van der Waals surface area contributed by atoms with Crippen LogP contribution < -0.4 is 5.32 Å². The van der Waals surface area contributed by atoms with Crippen LogP contribution in [0.5, 0.6) is 0 Å². The third kappa shape index (κ3) is 6.56. The highest BCUT2D eigenvalue weighted by atomic mass is 16.5. The van der Waals surface area contributed by atoms with Crippen molar-refractivity contribution in [3.63, 3.8) is 0 Å². The average molecular weight is 211 g/mol. The molecule has 0 radical (unpaired) electrons. The Bertz CT molecular complexity index is 151. The summed E-state index contributed by atoms with van der Waals surface area (Å²) < 4.78 is 5.09. The van der Waals surface area contributed by atoms with Gasteiger partial charge in [0.15, 0.2) is 0 Å². The lowest BCUT2D eigenvalue weighted by atomic mass is 9.97. The van der Waals surface area contributed by atoms with Gasteiger partial charge in [-0.1, -0.05) is 38.7 Å². The van der Waals surface area contributed by atoms with Crippen molar-refractivity contribution in [3.8, 4) is 0 Å². The van der Waals surface area contributed by atoms with Gasteiger partial charge in [-0.2, -0.15) is 0 Å². The Morgan fingerprint density at radius 1 is 1.13 bits per heavy atom. The first-order chi connectivity index (χ1) is 7.43. The SMILES string of the molecule is C=COCCCNC1CCCCCCC1. The van der Waals surface area contributed by atoms with Gasteiger partial charge in [-0.05, 0) is 25.8 Å². The highest BCUT2D eigenvalue weighted by Crippen LogP contribution is 2.16. The topological polar surface area (TPSA) is 21.3 Å². The van der Waals surface area contributed by atoms with Crippen molar-refractivity contribution in [1.82, 2.24) is 5.32 Å². The van der Waals surface area contributed by atoms with Crippen LogP contribution in [0, 0.1) is 0 Å². The van der Waals surface area contributed by atoms with Gasteiger partial charge < -0.3 is 10.1 Å². The van der Waals surface area contributed by atoms with E-state index in [1.807, 2.05) is 0 Å². The van der Waals surface area contributed by atoms with Crippen LogP contribution in [-0.4, -0.2) is 19.2 Å². The molecule has 0 unspecified atom stereocenters. The van der Waals surface area contributed by atoms with E-state index in [9.17, 15) is 0 Å². The van der Waals surface area contributed by atoms with E-state index in [1.165, 1.54) is 51.2 Å². The van der Waals surface area contributed by atoms with Crippen LogP contribution in [0.4, 0.5) is 0 Å². The van der Waals surface area contributed by atoms with E-state index >= 15 is 0 Å². The fourth-order valence-electron chi connectivity index (χ4n) is 2.21. The largest absolute Gasteiger partial charge is 0.502 e. The maximum atomic E-state index is 5.09. The maximum Gasteiger partial charge on any atom is 0.0885 e. The molecule has 15 heavy (non-hydrogen) atoms. The van der Waals surface area contributed by atoms with Crippen molar-refractivity contribution >= 4 is 0 Å². The molecule has 1 saturated carbocycles. The molecule has 0 atom stereocenters. The lowest BCUT2D eigenvalue weighted by molar-refractivity contribution is 0.241. The first-order valence-electron chi connectivity index (χ1n) is 6.39.